The van der Waals surface area contributed by atoms with Crippen molar-refractivity contribution in [2.45, 2.75) is 39.9 Å². The summed E-state index contributed by atoms with van der Waals surface area (Å²) in [5.41, 5.74) is 4.52. The fourth-order valence-electron chi connectivity index (χ4n) is 2.42. The molecule has 0 amide bonds. The lowest BCUT2D eigenvalue weighted by atomic mass is 10.0. The van der Waals surface area contributed by atoms with E-state index in [-0.39, 0.29) is 19.2 Å². The Kier molecular flexibility index (Phi) is 7.69. The lowest BCUT2D eigenvalue weighted by molar-refractivity contribution is -0.153. The summed E-state index contributed by atoms with van der Waals surface area (Å²) in [5, 5.41) is 0. The highest BCUT2D eigenvalue weighted by Crippen LogP contribution is 2.12. The van der Waals surface area contributed by atoms with Crippen LogP contribution in [0.3, 0.4) is 0 Å². The molecule has 146 valence electrons. The van der Waals surface area contributed by atoms with Crippen molar-refractivity contribution in [1.82, 2.24) is 0 Å². The second-order valence-corrected chi connectivity index (χ2v) is 6.62. The van der Waals surface area contributed by atoms with Gasteiger partial charge in [0.15, 0.2) is 0 Å². The predicted molar refractivity (Wildman–Crippen MR) is 105 cm³/mol. The number of carbonyl (C=O) groups excluding carboxylic acids is 3. The van der Waals surface area contributed by atoms with E-state index < -0.39 is 11.8 Å². The van der Waals surface area contributed by atoms with Gasteiger partial charge >= 0.3 is 11.9 Å². The van der Waals surface area contributed by atoms with E-state index in [0.717, 1.165) is 24.0 Å². The van der Waals surface area contributed by atoms with Crippen molar-refractivity contribution in [2.24, 2.45) is 0 Å². The number of rotatable bonds is 9. The molecule has 2 aromatic carbocycles. The smallest absolute Gasteiger partial charge is 0.374 e. The van der Waals surface area contributed by atoms with Crippen molar-refractivity contribution in [3.8, 4) is 0 Å². The third kappa shape index (κ3) is 6.83. The number of aryl methyl sites for hydroxylation is 2. The van der Waals surface area contributed by atoms with Crippen LogP contribution < -0.4 is 0 Å². The van der Waals surface area contributed by atoms with E-state index in [1.807, 2.05) is 48.5 Å². The molecule has 0 saturated carbocycles. The van der Waals surface area contributed by atoms with Gasteiger partial charge in [-0.05, 0) is 42.0 Å². The lowest BCUT2D eigenvalue weighted by Gasteiger charge is -2.07. The molecule has 0 aliphatic rings. The number of hydrogen-bond acceptors (Lipinski definition) is 5. The third-order valence-corrected chi connectivity index (χ3v) is 4.12. The van der Waals surface area contributed by atoms with Crippen molar-refractivity contribution < 1.29 is 23.9 Å². The Morgan fingerprint density at radius 3 is 1.39 bits per heavy atom. The zero-order valence-corrected chi connectivity index (χ0v) is 16.2. The topological polar surface area (TPSA) is 69.7 Å². The first kappa shape index (κ1) is 21.1. The van der Waals surface area contributed by atoms with Crippen LogP contribution in [0.1, 0.15) is 36.1 Å². The second-order valence-electron chi connectivity index (χ2n) is 6.62. The second kappa shape index (κ2) is 10.2. The number of benzene rings is 2. The van der Waals surface area contributed by atoms with Gasteiger partial charge in [-0.15, -0.1) is 0 Å². The minimum atomic E-state index is -0.818. The van der Waals surface area contributed by atoms with Crippen LogP contribution in [0, 0.1) is 0 Å². The molecule has 5 heteroatoms. The van der Waals surface area contributed by atoms with Gasteiger partial charge in [0.25, 0.3) is 0 Å². The van der Waals surface area contributed by atoms with Crippen molar-refractivity contribution in [2.75, 3.05) is 0 Å². The summed E-state index contributed by atoms with van der Waals surface area (Å²) in [5.74, 6) is -1.80. The van der Waals surface area contributed by atoms with Gasteiger partial charge in [-0.3, -0.25) is 4.79 Å². The molecule has 0 aromatic heterocycles. The molecule has 2 aromatic rings. The predicted octanol–water partition coefficient (Wildman–Crippen LogP) is 3.72. The average Bonchev–Trinajstić information content (AvgIpc) is 2.69. The largest absolute Gasteiger partial charge is 0.457 e. The van der Waals surface area contributed by atoms with Crippen LogP contribution in [-0.4, -0.2) is 17.7 Å². The quantitative estimate of drug-likeness (QED) is 0.377. The van der Waals surface area contributed by atoms with E-state index in [4.69, 9.17) is 9.47 Å². The van der Waals surface area contributed by atoms with Crippen LogP contribution in [0.5, 0.6) is 0 Å². The summed E-state index contributed by atoms with van der Waals surface area (Å²) in [7, 11) is 0. The van der Waals surface area contributed by atoms with Crippen LogP contribution in [0.2, 0.25) is 0 Å². The third-order valence-electron chi connectivity index (χ3n) is 4.12. The Morgan fingerprint density at radius 2 is 1.04 bits per heavy atom. The molecule has 0 bridgehead atoms. The molecular weight excluding hydrogens is 356 g/mol. The molecule has 0 N–H and O–H groups in total. The van der Waals surface area contributed by atoms with Crippen molar-refractivity contribution in [3.63, 3.8) is 0 Å². The summed E-state index contributed by atoms with van der Waals surface area (Å²) in [6.07, 6.45) is 1.75. The van der Waals surface area contributed by atoms with Gasteiger partial charge in [0, 0.05) is 12.5 Å². The molecule has 0 aliphatic heterocycles. The van der Waals surface area contributed by atoms with Crippen LogP contribution in [-0.2, 0) is 49.9 Å². The van der Waals surface area contributed by atoms with Gasteiger partial charge in [0.2, 0.25) is 5.78 Å². The van der Waals surface area contributed by atoms with Crippen molar-refractivity contribution in [3.05, 3.63) is 82.9 Å². The Balaban J connectivity index is 1.80. The monoisotopic (exact) mass is 380 g/mol. The molecule has 0 unspecified atom stereocenters. The Bertz CT molecular complexity index is 774. The Hall–Kier alpha value is -3.21. The van der Waals surface area contributed by atoms with Gasteiger partial charge in [-0.2, -0.15) is 0 Å². The zero-order chi connectivity index (χ0) is 20.5. The first-order valence-electron chi connectivity index (χ1n) is 9.01. The summed E-state index contributed by atoms with van der Waals surface area (Å²) in [4.78, 5) is 33.4. The van der Waals surface area contributed by atoms with E-state index in [1.165, 1.54) is 18.1 Å². The zero-order valence-electron chi connectivity index (χ0n) is 16.2. The van der Waals surface area contributed by atoms with Gasteiger partial charge in [-0.25, -0.2) is 9.59 Å². The maximum Gasteiger partial charge on any atom is 0.374 e. The molecule has 5 nitrogen and oxygen atoms in total. The van der Waals surface area contributed by atoms with Gasteiger partial charge in [-0.1, -0.05) is 55.1 Å². The first-order chi connectivity index (χ1) is 13.3. The van der Waals surface area contributed by atoms with Gasteiger partial charge in [0.05, 0.1) is 0 Å². The fraction of sp³-hybridized carbons (Fsp3) is 0.261. The van der Waals surface area contributed by atoms with Crippen LogP contribution >= 0.6 is 0 Å². The molecule has 0 spiro atoms. The van der Waals surface area contributed by atoms with E-state index in [1.54, 1.807) is 6.92 Å². The number of ketones is 1. The summed E-state index contributed by atoms with van der Waals surface area (Å²) < 4.78 is 10.0. The van der Waals surface area contributed by atoms with Crippen LogP contribution in [0.15, 0.2) is 60.7 Å². The number of carbonyl (C=O) groups is 3. The van der Waals surface area contributed by atoms with E-state index in [9.17, 15) is 14.4 Å². The molecule has 0 heterocycles. The van der Waals surface area contributed by atoms with E-state index in [0.29, 0.717) is 5.57 Å². The molecule has 0 saturated heterocycles. The van der Waals surface area contributed by atoms with E-state index in [2.05, 4.69) is 6.58 Å². The first-order valence-corrected chi connectivity index (χ1v) is 9.01. The summed E-state index contributed by atoms with van der Waals surface area (Å²) >= 11 is 0. The minimum absolute atomic E-state index is 0.0934. The highest BCUT2D eigenvalue weighted by molar-refractivity contribution is 6.32. The molecule has 0 atom stereocenters. The Labute approximate surface area is 165 Å². The molecule has 0 aliphatic carbocycles. The SMILES string of the molecule is C=C(C)C(=O)OCc1ccc(CCc2ccc(COC(=O)C(C)=O)cc2)cc1. The molecule has 0 fully saturated rings. The summed E-state index contributed by atoms with van der Waals surface area (Å²) in [6, 6.07) is 15.7. The molecular formula is C23H24O5. The maximum atomic E-state index is 11.4. The maximum absolute atomic E-state index is 11.4. The van der Waals surface area contributed by atoms with Gasteiger partial charge in [0.1, 0.15) is 13.2 Å². The van der Waals surface area contributed by atoms with Gasteiger partial charge < -0.3 is 9.47 Å². The average molecular weight is 380 g/mol. The number of esters is 2. The highest BCUT2D eigenvalue weighted by atomic mass is 16.5. The fourth-order valence-corrected chi connectivity index (χ4v) is 2.42. The van der Waals surface area contributed by atoms with Crippen molar-refractivity contribution >= 4 is 17.7 Å². The molecule has 2 rings (SSSR count). The Morgan fingerprint density at radius 1 is 0.679 bits per heavy atom. The standard InChI is InChI=1S/C23H24O5/c1-16(2)22(25)27-14-20-10-6-18(7-11-20)4-5-19-8-12-21(13-9-19)15-28-23(26)17(3)24/h6-13H,1,4-5,14-15H2,2-3H3. The molecule has 28 heavy (non-hydrogen) atoms. The van der Waals surface area contributed by atoms with Crippen molar-refractivity contribution in [1.29, 1.82) is 0 Å². The van der Waals surface area contributed by atoms with Crippen LogP contribution in [0.4, 0.5) is 0 Å². The highest BCUT2D eigenvalue weighted by Gasteiger charge is 2.08. The van der Waals surface area contributed by atoms with E-state index >= 15 is 0 Å². The number of hydrogen-bond donors (Lipinski definition) is 0. The number of Topliss-reactive ketones (excluding diaryl/α,β-unsaturated/α-hetero) is 1. The summed E-state index contributed by atoms with van der Waals surface area (Å²) in [6.45, 7) is 6.69. The molecule has 0 radical (unpaired) electrons. The lowest BCUT2D eigenvalue weighted by Crippen LogP contribution is -2.13. The normalized spacial score (nSPS) is 10.2. The van der Waals surface area contributed by atoms with Crippen LogP contribution in [0.25, 0.3) is 0 Å². The number of ether oxygens (including phenoxy) is 2. The minimum Gasteiger partial charge on any atom is -0.457 e.